The van der Waals surface area contributed by atoms with Gasteiger partial charge in [0.15, 0.2) is 6.29 Å². The van der Waals surface area contributed by atoms with Crippen molar-refractivity contribution in [3.63, 3.8) is 0 Å². The van der Waals surface area contributed by atoms with E-state index < -0.39 is 49.5 Å². The molecule has 0 spiro atoms. The summed E-state index contributed by atoms with van der Waals surface area (Å²) in [6.45, 7) is 4.28. The van der Waals surface area contributed by atoms with Crippen LogP contribution in [0.5, 0.6) is 0 Å². The van der Waals surface area contributed by atoms with Gasteiger partial charge in [0.25, 0.3) is 0 Å². The lowest BCUT2D eigenvalue weighted by molar-refractivity contribution is -0.302. The molecule has 11 nitrogen and oxygen atoms in total. The average molecular weight is 1310 g/mol. The Morgan fingerprint density at radius 2 is 0.731 bits per heavy atom. The summed E-state index contributed by atoms with van der Waals surface area (Å²) < 4.78 is 16.7. The average Bonchev–Trinajstić information content (AvgIpc) is 0.878. The van der Waals surface area contributed by atoms with Crippen molar-refractivity contribution in [1.29, 1.82) is 0 Å². The van der Waals surface area contributed by atoms with Gasteiger partial charge < -0.3 is 45.1 Å². The van der Waals surface area contributed by atoms with Crippen LogP contribution in [0, 0.1) is 0 Å². The van der Waals surface area contributed by atoms with E-state index in [9.17, 15) is 35.1 Å². The number of amides is 1. The number of rotatable bonds is 70. The molecular weight excluding hydrogens is 1160 g/mol. The molecule has 0 aromatic carbocycles. The van der Waals surface area contributed by atoms with Crippen molar-refractivity contribution in [3.8, 4) is 0 Å². The maximum absolute atomic E-state index is 13.0. The molecule has 1 saturated heterocycles. The van der Waals surface area contributed by atoms with Crippen LogP contribution >= 0.6 is 0 Å². The normalized spacial score (nSPS) is 17.9. The Morgan fingerprint density at radius 1 is 0.398 bits per heavy atom. The van der Waals surface area contributed by atoms with E-state index in [1.807, 2.05) is 6.08 Å². The lowest BCUT2D eigenvalue weighted by atomic mass is 9.99. The Hall–Kier alpha value is -2.90. The summed E-state index contributed by atoms with van der Waals surface area (Å²) in [5.41, 5.74) is 0. The van der Waals surface area contributed by atoms with Crippen molar-refractivity contribution >= 4 is 11.9 Å². The molecule has 7 atom stereocenters. The van der Waals surface area contributed by atoms with Crippen molar-refractivity contribution in [2.24, 2.45) is 0 Å². The second-order valence-electron chi connectivity index (χ2n) is 27.4. The Kier molecular flexibility index (Phi) is 66.7. The predicted molar refractivity (Wildman–Crippen MR) is 393 cm³/mol. The van der Waals surface area contributed by atoms with Crippen LogP contribution in [-0.2, 0) is 23.8 Å². The molecule has 1 rings (SSSR count). The first kappa shape index (κ1) is 88.1. The lowest BCUT2D eigenvalue weighted by Crippen LogP contribution is -2.60. The molecule has 0 aliphatic carbocycles. The molecule has 0 saturated carbocycles. The van der Waals surface area contributed by atoms with Gasteiger partial charge in [-0.15, -0.1) is 0 Å². The molecule has 1 heterocycles. The first-order valence-electron chi connectivity index (χ1n) is 39.7. The smallest absolute Gasteiger partial charge is 0.305 e. The molecule has 11 heteroatoms. The van der Waals surface area contributed by atoms with Gasteiger partial charge in [-0.1, -0.05) is 324 Å². The van der Waals surface area contributed by atoms with Gasteiger partial charge in [0, 0.05) is 12.8 Å². The standard InChI is InChI=1S/C82H149NO10/c1-3-5-7-9-11-13-14-15-16-17-37-41-44-47-50-54-58-62-66-70-78(87)91-71-67-63-59-55-51-48-45-42-39-36-34-32-30-28-26-24-22-20-18-19-21-23-25-27-29-31-33-35-38-40-43-46-49-53-57-61-65-69-77(86)83-74(75(85)68-64-60-56-52-12-10-8-6-4-2)73-92-82-81(90)80(89)79(88)76(72-84)93-82/h11-13,15-16,18,20,24,26,52,64,68,74-76,79-82,84-85,88-90H,3-10,14,17,19,21-23,25,27-51,53-63,65-67,69-73H2,1-2H3,(H,83,86)/b13-11-,16-15-,20-18-,26-24-,52-12+,68-64+. The monoisotopic (exact) mass is 1310 g/mol. The minimum Gasteiger partial charge on any atom is -0.466 e. The zero-order valence-corrected chi connectivity index (χ0v) is 60.5. The van der Waals surface area contributed by atoms with Crippen LogP contribution < -0.4 is 5.32 Å². The molecule has 1 aliphatic rings. The molecule has 0 aromatic rings. The lowest BCUT2D eigenvalue weighted by Gasteiger charge is -2.40. The highest BCUT2D eigenvalue weighted by Gasteiger charge is 2.44. The molecule has 7 unspecified atom stereocenters. The minimum atomic E-state index is -1.58. The number of hydrogen-bond acceptors (Lipinski definition) is 10. The Morgan fingerprint density at radius 3 is 1.13 bits per heavy atom. The molecule has 1 fully saturated rings. The number of unbranched alkanes of at least 4 members (excludes halogenated alkanes) is 46. The van der Waals surface area contributed by atoms with E-state index in [0.717, 1.165) is 70.6 Å². The molecule has 0 aromatic heterocycles. The van der Waals surface area contributed by atoms with Crippen molar-refractivity contribution < 1.29 is 49.3 Å². The largest absolute Gasteiger partial charge is 0.466 e. The third kappa shape index (κ3) is 58.9. The molecule has 542 valence electrons. The summed E-state index contributed by atoms with van der Waals surface area (Å²) in [5, 5.41) is 54.3. The van der Waals surface area contributed by atoms with Crippen molar-refractivity contribution in [3.05, 3.63) is 72.9 Å². The highest BCUT2D eigenvalue weighted by Crippen LogP contribution is 2.23. The Labute approximate surface area is 572 Å². The fraction of sp³-hybridized carbons (Fsp3) is 0.829. The number of nitrogens with one attached hydrogen (secondary N) is 1. The fourth-order valence-corrected chi connectivity index (χ4v) is 12.3. The third-order valence-electron chi connectivity index (χ3n) is 18.5. The van der Waals surface area contributed by atoms with Crippen LogP contribution in [0.15, 0.2) is 72.9 Å². The first-order valence-corrected chi connectivity index (χ1v) is 39.7. The van der Waals surface area contributed by atoms with Gasteiger partial charge in [-0.05, 0) is 109 Å². The summed E-state index contributed by atoms with van der Waals surface area (Å²) >= 11 is 0. The van der Waals surface area contributed by atoms with E-state index in [1.54, 1.807) is 6.08 Å². The molecular formula is C82H149NO10. The highest BCUT2D eigenvalue weighted by atomic mass is 16.7. The van der Waals surface area contributed by atoms with Gasteiger partial charge in [-0.2, -0.15) is 0 Å². The van der Waals surface area contributed by atoms with E-state index >= 15 is 0 Å². The Balaban J connectivity index is 1.86. The number of aliphatic hydroxyl groups is 5. The summed E-state index contributed by atoms with van der Waals surface area (Å²) in [7, 11) is 0. The van der Waals surface area contributed by atoms with Gasteiger partial charge in [-0.25, -0.2) is 0 Å². The van der Waals surface area contributed by atoms with Gasteiger partial charge >= 0.3 is 5.97 Å². The van der Waals surface area contributed by atoms with Crippen LogP contribution in [0.2, 0.25) is 0 Å². The highest BCUT2D eigenvalue weighted by molar-refractivity contribution is 5.76. The molecule has 0 radical (unpaired) electrons. The van der Waals surface area contributed by atoms with E-state index in [0.29, 0.717) is 19.4 Å². The van der Waals surface area contributed by atoms with Gasteiger partial charge in [0.2, 0.25) is 5.91 Å². The van der Waals surface area contributed by atoms with Crippen LogP contribution in [-0.4, -0.2) is 100 Å². The van der Waals surface area contributed by atoms with Gasteiger partial charge in [0.1, 0.15) is 24.4 Å². The van der Waals surface area contributed by atoms with Gasteiger partial charge in [-0.3, -0.25) is 9.59 Å². The maximum atomic E-state index is 13.0. The van der Waals surface area contributed by atoms with Crippen molar-refractivity contribution in [2.45, 2.75) is 416 Å². The maximum Gasteiger partial charge on any atom is 0.305 e. The number of carbonyl (C=O) groups is 2. The SMILES string of the molecule is CCCCC/C=C\C/C=C\CCCCCCCCCCCC(=O)OCCCCCCCCCCCCCCC/C=C\C/C=C\CCCCCCCCCCCCCCCCCCCC(=O)NC(COC1OC(CO)C(O)C(O)C1O)C(O)/C=C/CC/C=C/CCCCC. The second-order valence-corrected chi connectivity index (χ2v) is 27.4. The summed E-state index contributed by atoms with van der Waals surface area (Å²) in [6.07, 6.45) is 86.7. The molecule has 6 N–H and O–H groups in total. The summed E-state index contributed by atoms with van der Waals surface area (Å²) in [5.74, 6) is -0.183. The second kappa shape index (κ2) is 70.4. The third-order valence-corrected chi connectivity index (χ3v) is 18.5. The predicted octanol–water partition coefficient (Wildman–Crippen LogP) is 21.4. The number of allylic oxidation sites excluding steroid dienone is 11. The summed E-state index contributed by atoms with van der Waals surface area (Å²) in [6, 6.07) is -0.825. The van der Waals surface area contributed by atoms with E-state index in [4.69, 9.17) is 14.2 Å². The number of aliphatic hydroxyl groups excluding tert-OH is 5. The first-order chi connectivity index (χ1) is 45.7. The number of esters is 1. The molecule has 1 aliphatic heterocycles. The van der Waals surface area contributed by atoms with Crippen molar-refractivity contribution in [1.82, 2.24) is 5.32 Å². The van der Waals surface area contributed by atoms with Gasteiger partial charge in [0.05, 0.1) is 32.0 Å². The Bertz CT molecular complexity index is 1780. The minimum absolute atomic E-state index is 0.00854. The van der Waals surface area contributed by atoms with Crippen LogP contribution in [0.1, 0.15) is 373 Å². The number of hydrogen-bond donors (Lipinski definition) is 6. The topological polar surface area (TPSA) is 175 Å². The zero-order valence-electron chi connectivity index (χ0n) is 60.5. The van der Waals surface area contributed by atoms with E-state index in [2.05, 4.69) is 79.9 Å². The number of carbonyl (C=O) groups excluding carboxylic acids is 2. The molecule has 1 amide bonds. The molecule has 0 bridgehead atoms. The van der Waals surface area contributed by atoms with Crippen LogP contribution in [0.3, 0.4) is 0 Å². The van der Waals surface area contributed by atoms with E-state index in [1.165, 1.54) is 276 Å². The fourth-order valence-electron chi connectivity index (χ4n) is 12.3. The molecule has 93 heavy (non-hydrogen) atoms. The van der Waals surface area contributed by atoms with Crippen LogP contribution in [0.25, 0.3) is 0 Å². The van der Waals surface area contributed by atoms with Crippen molar-refractivity contribution in [2.75, 3.05) is 19.8 Å². The quantitative estimate of drug-likeness (QED) is 0.0195. The number of ether oxygens (including phenoxy) is 3. The summed E-state index contributed by atoms with van der Waals surface area (Å²) in [4.78, 5) is 25.2. The van der Waals surface area contributed by atoms with Crippen LogP contribution in [0.4, 0.5) is 0 Å². The van der Waals surface area contributed by atoms with E-state index in [-0.39, 0.29) is 18.5 Å². The zero-order chi connectivity index (χ0) is 67.2.